The van der Waals surface area contributed by atoms with Crippen LogP contribution in [0.15, 0.2) is 77.2 Å². The molecule has 1 heterocycles. The Balaban J connectivity index is 1.36. The van der Waals surface area contributed by atoms with Gasteiger partial charge in [-0.15, -0.1) is 11.3 Å². The second-order valence-electron chi connectivity index (χ2n) is 7.65. The molecule has 0 aliphatic carbocycles. The SMILES string of the molecule is CCOc1ccc(/C=N\NC(=O)c2ccc(-c3csc(Nc4ccc(C)cc4)n3)cc2)cc1OC. The summed E-state index contributed by atoms with van der Waals surface area (Å²) in [7, 11) is 1.58. The summed E-state index contributed by atoms with van der Waals surface area (Å²) in [5, 5.41) is 10.2. The normalized spacial score (nSPS) is 10.8. The Labute approximate surface area is 208 Å². The zero-order chi connectivity index (χ0) is 24.6. The zero-order valence-corrected chi connectivity index (χ0v) is 20.6. The maximum absolute atomic E-state index is 12.5. The number of nitrogens with zero attached hydrogens (tertiary/aromatic N) is 2. The van der Waals surface area contributed by atoms with Crippen molar-refractivity contribution in [2.45, 2.75) is 13.8 Å². The van der Waals surface area contributed by atoms with Gasteiger partial charge in [-0.25, -0.2) is 10.4 Å². The Morgan fingerprint density at radius 1 is 1.06 bits per heavy atom. The minimum atomic E-state index is -0.300. The number of anilines is 2. The van der Waals surface area contributed by atoms with E-state index < -0.39 is 0 Å². The predicted octanol–water partition coefficient (Wildman–Crippen LogP) is 6.03. The Kier molecular flexibility index (Phi) is 7.74. The van der Waals surface area contributed by atoms with Gasteiger partial charge in [-0.1, -0.05) is 29.8 Å². The van der Waals surface area contributed by atoms with Crippen LogP contribution in [0.2, 0.25) is 0 Å². The number of hydrogen-bond acceptors (Lipinski definition) is 7. The first kappa shape index (κ1) is 24.0. The van der Waals surface area contributed by atoms with Gasteiger partial charge in [-0.2, -0.15) is 5.10 Å². The summed E-state index contributed by atoms with van der Waals surface area (Å²) >= 11 is 1.53. The van der Waals surface area contributed by atoms with Crippen molar-refractivity contribution in [2.75, 3.05) is 19.0 Å². The highest BCUT2D eigenvalue weighted by Gasteiger charge is 2.09. The number of thiazole rings is 1. The van der Waals surface area contributed by atoms with Gasteiger partial charge in [0.05, 0.1) is 25.6 Å². The fourth-order valence-corrected chi connectivity index (χ4v) is 4.03. The van der Waals surface area contributed by atoms with Crippen molar-refractivity contribution < 1.29 is 14.3 Å². The summed E-state index contributed by atoms with van der Waals surface area (Å²) in [6.07, 6.45) is 1.56. The molecule has 0 saturated carbocycles. The van der Waals surface area contributed by atoms with E-state index in [4.69, 9.17) is 9.47 Å². The molecule has 0 fully saturated rings. The first-order valence-corrected chi connectivity index (χ1v) is 12.0. The number of carbonyl (C=O) groups is 1. The fourth-order valence-electron chi connectivity index (χ4n) is 3.29. The number of carbonyl (C=O) groups excluding carboxylic acids is 1. The minimum Gasteiger partial charge on any atom is -0.493 e. The lowest BCUT2D eigenvalue weighted by Gasteiger charge is -2.09. The molecule has 178 valence electrons. The Morgan fingerprint density at radius 3 is 2.54 bits per heavy atom. The van der Waals surface area contributed by atoms with Crippen LogP contribution in [0.4, 0.5) is 10.8 Å². The summed E-state index contributed by atoms with van der Waals surface area (Å²) in [4.78, 5) is 17.1. The first-order chi connectivity index (χ1) is 17.1. The van der Waals surface area contributed by atoms with Gasteiger partial charge < -0.3 is 14.8 Å². The molecule has 0 aliphatic rings. The number of aryl methyl sites for hydroxylation is 1. The second kappa shape index (κ2) is 11.3. The van der Waals surface area contributed by atoms with E-state index in [0.717, 1.165) is 27.6 Å². The molecule has 4 rings (SSSR count). The van der Waals surface area contributed by atoms with Gasteiger partial charge in [0.15, 0.2) is 16.6 Å². The molecule has 7 nitrogen and oxygen atoms in total. The number of benzene rings is 3. The van der Waals surface area contributed by atoms with Gasteiger partial charge in [0.1, 0.15) is 0 Å². The summed E-state index contributed by atoms with van der Waals surface area (Å²) < 4.78 is 10.8. The van der Waals surface area contributed by atoms with Crippen molar-refractivity contribution in [1.29, 1.82) is 0 Å². The molecule has 35 heavy (non-hydrogen) atoms. The van der Waals surface area contributed by atoms with Crippen LogP contribution >= 0.6 is 11.3 Å². The lowest BCUT2D eigenvalue weighted by Crippen LogP contribution is -2.17. The van der Waals surface area contributed by atoms with E-state index in [1.807, 2.05) is 48.7 Å². The number of nitrogens with one attached hydrogen (secondary N) is 2. The van der Waals surface area contributed by atoms with Crippen LogP contribution in [0.5, 0.6) is 11.5 Å². The van der Waals surface area contributed by atoms with Crippen LogP contribution in [-0.4, -0.2) is 30.8 Å². The van der Waals surface area contributed by atoms with Gasteiger partial charge in [0.25, 0.3) is 5.91 Å². The van der Waals surface area contributed by atoms with Crippen molar-refractivity contribution in [2.24, 2.45) is 5.10 Å². The molecule has 1 amide bonds. The van der Waals surface area contributed by atoms with Crippen molar-refractivity contribution >= 4 is 34.3 Å². The minimum absolute atomic E-state index is 0.300. The Bertz CT molecular complexity index is 1320. The molecule has 0 aliphatic heterocycles. The van der Waals surface area contributed by atoms with Gasteiger partial charge in [0.2, 0.25) is 0 Å². The quantitative estimate of drug-likeness (QED) is 0.223. The first-order valence-electron chi connectivity index (χ1n) is 11.1. The third-order valence-electron chi connectivity index (χ3n) is 5.12. The van der Waals surface area contributed by atoms with Crippen molar-refractivity contribution in [3.8, 4) is 22.8 Å². The van der Waals surface area contributed by atoms with Gasteiger partial charge >= 0.3 is 0 Å². The maximum Gasteiger partial charge on any atom is 0.271 e. The number of amides is 1. The molecule has 1 aromatic heterocycles. The molecule has 0 bridgehead atoms. The van der Waals surface area contributed by atoms with Crippen LogP contribution in [0.25, 0.3) is 11.3 Å². The molecule has 0 spiro atoms. The largest absolute Gasteiger partial charge is 0.493 e. The monoisotopic (exact) mass is 486 g/mol. The van der Waals surface area contributed by atoms with Crippen LogP contribution < -0.4 is 20.2 Å². The number of rotatable bonds is 9. The molecule has 0 saturated heterocycles. The highest BCUT2D eigenvalue weighted by molar-refractivity contribution is 7.14. The molecule has 0 unspecified atom stereocenters. The summed E-state index contributed by atoms with van der Waals surface area (Å²) in [6.45, 7) is 4.52. The van der Waals surface area contributed by atoms with Gasteiger partial charge in [-0.05, 0) is 61.9 Å². The molecule has 0 atom stereocenters. The number of methoxy groups -OCH3 is 1. The number of aromatic nitrogens is 1. The average Bonchev–Trinajstić information content (AvgIpc) is 3.35. The third-order valence-corrected chi connectivity index (χ3v) is 5.87. The van der Waals surface area contributed by atoms with E-state index in [1.165, 1.54) is 16.9 Å². The standard InChI is InChI=1S/C27H26N4O3S/c1-4-34-24-14-7-19(15-25(24)33-3)16-28-31-26(32)21-10-8-20(9-11-21)23-17-35-27(30-23)29-22-12-5-18(2)6-13-22/h5-17H,4H2,1-3H3,(H,29,30)(H,31,32)/b28-16-. The van der Waals surface area contributed by atoms with E-state index in [1.54, 1.807) is 31.5 Å². The van der Waals surface area contributed by atoms with E-state index in [9.17, 15) is 4.79 Å². The highest BCUT2D eigenvalue weighted by Crippen LogP contribution is 2.28. The van der Waals surface area contributed by atoms with Gasteiger partial charge in [0, 0.05) is 22.2 Å². The molecular weight excluding hydrogens is 460 g/mol. The summed E-state index contributed by atoms with van der Waals surface area (Å²) in [5.41, 5.74) is 7.81. The Hall–Kier alpha value is -4.17. The summed E-state index contributed by atoms with van der Waals surface area (Å²) in [6, 6.07) is 20.9. The average molecular weight is 487 g/mol. The molecule has 8 heteroatoms. The zero-order valence-electron chi connectivity index (χ0n) is 19.7. The van der Waals surface area contributed by atoms with Crippen molar-refractivity contribution in [3.05, 3.63) is 88.8 Å². The molecule has 2 N–H and O–H groups in total. The van der Waals surface area contributed by atoms with Crippen LogP contribution in [0.3, 0.4) is 0 Å². The Morgan fingerprint density at radius 2 is 1.83 bits per heavy atom. The number of ether oxygens (including phenoxy) is 2. The highest BCUT2D eigenvalue weighted by atomic mass is 32.1. The lowest BCUT2D eigenvalue weighted by molar-refractivity contribution is 0.0955. The predicted molar refractivity (Wildman–Crippen MR) is 141 cm³/mol. The number of hydrazone groups is 1. The van der Waals surface area contributed by atoms with E-state index in [0.29, 0.717) is 23.7 Å². The van der Waals surface area contributed by atoms with Crippen molar-refractivity contribution in [1.82, 2.24) is 10.4 Å². The van der Waals surface area contributed by atoms with Gasteiger partial charge in [-0.3, -0.25) is 4.79 Å². The lowest BCUT2D eigenvalue weighted by atomic mass is 10.1. The molecular formula is C27H26N4O3S. The maximum atomic E-state index is 12.5. The second-order valence-corrected chi connectivity index (χ2v) is 8.51. The molecule has 0 radical (unpaired) electrons. The molecule has 4 aromatic rings. The fraction of sp³-hybridized carbons (Fsp3) is 0.148. The van der Waals surface area contributed by atoms with Crippen LogP contribution in [-0.2, 0) is 0 Å². The number of hydrogen-bond donors (Lipinski definition) is 2. The van der Waals surface area contributed by atoms with Crippen LogP contribution in [0.1, 0.15) is 28.4 Å². The van der Waals surface area contributed by atoms with Crippen molar-refractivity contribution in [3.63, 3.8) is 0 Å². The van der Waals surface area contributed by atoms with E-state index in [2.05, 4.69) is 39.9 Å². The van der Waals surface area contributed by atoms with Crippen LogP contribution in [0, 0.1) is 6.92 Å². The third kappa shape index (κ3) is 6.24. The molecule has 3 aromatic carbocycles. The smallest absolute Gasteiger partial charge is 0.271 e. The topological polar surface area (TPSA) is 84.8 Å². The summed E-state index contributed by atoms with van der Waals surface area (Å²) in [5.74, 6) is 0.970. The van der Waals surface area contributed by atoms with E-state index in [-0.39, 0.29) is 5.91 Å². The van der Waals surface area contributed by atoms with E-state index >= 15 is 0 Å².